The molecule has 2 atom stereocenters. The molecule has 3 aromatic rings. The van der Waals surface area contributed by atoms with Gasteiger partial charge in [0, 0.05) is 10.4 Å². The van der Waals surface area contributed by atoms with Crippen molar-refractivity contribution in [3.8, 4) is 16.5 Å². The van der Waals surface area contributed by atoms with Gasteiger partial charge in [-0.05, 0) is 46.8 Å². The third kappa shape index (κ3) is 4.66. The molecular weight excluding hydrogens is 397 g/mol. The highest BCUT2D eigenvalue weighted by Gasteiger charge is 2.15. The molecule has 3 rings (SSSR count). The minimum atomic E-state index is -3.25. The molecule has 1 amide bonds. The summed E-state index contributed by atoms with van der Waals surface area (Å²) in [5.41, 5.74) is 8.59. The number of benzene rings is 2. The van der Waals surface area contributed by atoms with E-state index in [1.54, 1.807) is 23.5 Å². The number of nitrogens with two attached hydrogens (primary N) is 1. The van der Waals surface area contributed by atoms with Gasteiger partial charge in [0.05, 0.1) is 17.4 Å². The van der Waals surface area contributed by atoms with E-state index in [9.17, 15) is 9.36 Å². The fraction of sp³-hybridized carbons (Fsp3) is 0.0526. The zero-order chi connectivity index (χ0) is 20.1. The summed E-state index contributed by atoms with van der Waals surface area (Å²) in [6, 6.07) is 17.2. The topological polar surface area (TPSA) is 125 Å². The second-order valence-corrected chi connectivity index (χ2v) is 7.46. The summed E-state index contributed by atoms with van der Waals surface area (Å²) in [5.74, 6) is -0.369. The SMILES string of the molecule is N#CC(O[PH](=O)O)c1ccc(C(=O)Nc2cc(-c3cccs3)ccc2N)cc1. The monoisotopic (exact) mass is 413 g/mol. The second-order valence-electron chi connectivity index (χ2n) is 5.75. The molecule has 0 radical (unpaired) electrons. The standard InChI is InChI=1S/C19H16N3O4PS/c20-11-17(26-27(24)25)12-3-5-13(6-4-12)19(23)22-16-10-14(7-8-15(16)21)18-2-1-9-28-18/h1-10,17,27H,21H2,(H,22,23)(H,24,25). The molecule has 0 aliphatic rings. The molecule has 9 heteroatoms. The lowest BCUT2D eigenvalue weighted by Gasteiger charge is -2.11. The molecule has 0 spiro atoms. The summed E-state index contributed by atoms with van der Waals surface area (Å²) in [7, 11) is -3.25. The van der Waals surface area contributed by atoms with Gasteiger partial charge in [-0.3, -0.25) is 13.9 Å². The number of hydrogen-bond donors (Lipinski definition) is 3. The molecule has 0 aliphatic heterocycles. The Morgan fingerprint density at radius 1 is 1.25 bits per heavy atom. The molecule has 2 unspecified atom stereocenters. The molecule has 142 valence electrons. The van der Waals surface area contributed by atoms with E-state index in [0.717, 1.165) is 10.4 Å². The highest BCUT2D eigenvalue weighted by atomic mass is 32.1. The number of nitrogens with zero attached hydrogens (tertiary/aromatic N) is 1. The lowest BCUT2D eigenvalue weighted by Crippen LogP contribution is -2.13. The molecule has 28 heavy (non-hydrogen) atoms. The van der Waals surface area contributed by atoms with Gasteiger partial charge in [0.25, 0.3) is 5.91 Å². The molecular formula is C19H16N3O4PS. The number of nitrogens with one attached hydrogen (secondary N) is 1. The summed E-state index contributed by atoms with van der Waals surface area (Å²) < 4.78 is 15.5. The highest BCUT2D eigenvalue weighted by Crippen LogP contribution is 2.31. The Bertz CT molecular complexity index is 1050. The maximum absolute atomic E-state index is 12.5. The van der Waals surface area contributed by atoms with Crippen molar-refractivity contribution in [2.24, 2.45) is 0 Å². The normalized spacial score (nSPS) is 12.7. The molecule has 0 bridgehead atoms. The number of carbonyl (C=O) groups is 1. The van der Waals surface area contributed by atoms with Gasteiger partial charge < -0.3 is 15.9 Å². The Kier molecular flexibility index (Phi) is 6.24. The molecule has 0 saturated carbocycles. The number of rotatable bonds is 6. The zero-order valence-electron chi connectivity index (χ0n) is 14.5. The predicted molar refractivity (Wildman–Crippen MR) is 109 cm³/mol. The average molecular weight is 413 g/mol. The number of nitrogen functional groups attached to an aromatic ring is 1. The van der Waals surface area contributed by atoms with Gasteiger partial charge >= 0.3 is 8.25 Å². The van der Waals surface area contributed by atoms with Crippen LogP contribution in [-0.4, -0.2) is 10.8 Å². The number of anilines is 2. The van der Waals surface area contributed by atoms with E-state index in [2.05, 4.69) is 9.84 Å². The van der Waals surface area contributed by atoms with Crippen molar-refractivity contribution in [2.75, 3.05) is 11.1 Å². The van der Waals surface area contributed by atoms with Gasteiger partial charge in [-0.15, -0.1) is 11.3 Å². The Morgan fingerprint density at radius 2 is 2.00 bits per heavy atom. The van der Waals surface area contributed by atoms with E-state index in [0.29, 0.717) is 22.5 Å². The third-order valence-electron chi connectivity index (χ3n) is 3.92. The summed E-state index contributed by atoms with van der Waals surface area (Å²) in [6.07, 6.45) is -1.17. The van der Waals surface area contributed by atoms with E-state index in [4.69, 9.17) is 15.9 Å². The number of nitriles is 1. The van der Waals surface area contributed by atoms with Crippen LogP contribution in [0.1, 0.15) is 22.0 Å². The van der Waals surface area contributed by atoms with Crippen LogP contribution in [0, 0.1) is 11.3 Å². The van der Waals surface area contributed by atoms with Crippen molar-refractivity contribution in [2.45, 2.75) is 6.10 Å². The van der Waals surface area contributed by atoms with E-state index in [1.165, 1.54) is 24.3 Å². The minimum Gasteiger partial charge on any atom is -0.397 e. The van der Waals surface area contributed by atoms with Gasteiger partial charge in [-0.25, -0.2) is 0 Å². The summed E-state index contributed by atoms with van der Waals surface area (Å²) in [5, 5.41) is 13.8. The van der Waals surface area contributed by atoms with Crippen molar-refractivity contribution in [3.63, 3.8) is 0 Å². The van der Waals surface area contributed by atoms with E-state index in [1.807, 2.05) is 29.6 Å². The van der Waals surface area contributed by atoms with Crippen molar-refractivity contribution >= 4 is 36.9 Å². The van der Waals surface area contributed by atoms with E-state index < -0.39 is 14.4 Å². The van der Waals surface area contributed by atoms with Crippen LogP contribution >= 0.6 is 19.6 Å². The fourth-order valence-electron chi connectivity index (χ4n) is 2.53. The lowest BCUT2D eigenvalue weighted by atomic mass is 10.1. The first-order valence-corrected chi connectivity index (χ1v) is 10.3. The first-order chi connectivity index (χ1) is 13.5. The van der Waals surface area contributed by atoms with Crippen molar-refractivity contribution in [1.82, 2.24) is 0 Å². The molecule has 0 saturated heterocycles. The van der Waals surface area contributed by atoms with Crippen LogP contribution in [0.25, 0.3) is 10.4 Å². The summed E-state index contributed by atoms with van der Waals surface area (Å²) in [4.78, 5) is 22.4. The van der Waals surface area contributed by atoms with Crippen LogP contribution in [0.15, 0.2) is 60.0 Å². The van der Waals surface area contributed by atoms with Crippen molar-refractivity contribution < 1.29 is 18.8 Å². The van der Waals surface area contributed by atoms with Crippen LogP contribution in [0.3, 0.4) is 0 Å². The van der Waals surface area contributed by atoms with E-state index >= 15 is 0 Å². The van der Waals surface area contributed by atoms with Crippen LogP contribution in [0.5, 0.6) is 0 Å². The number of amides is 1. The lowest BCUT2D eigenvalue weighted by molar-refractivity contribution is 0.102. The van der Waals surface area contributed by atoms with Crippen molar-refractivity contribution in [1.29, 1.82) is 5.26 Å². The second kappa shape index (κ2) is 8.83. The Balaban J connectivity index is 1.77. The minimum absolute atomic E-state index is 0.345. The van der Waals surface area contributed by atoms with Gasteiger partial charge in [0.1, 0.15) is 0 Å². The van der Waals surface area contributed by atoms with Gasteiger partial charge in [0.15, 0.2) is 6.10 Å². The van der Waals surface area contributed by atoms with E-state index in [-0.39, 0.29) is 5.91 Å². The molecule has 1 heterocycles. The van der Waals surface area contributed by atoms with Crippen LogP contribution < -0.4 is 11.1 Å². The Morgan fingerprint density at radius 3 is 2.61 bits per heavy atom. The maximum atomic E-state index is 12.5. The zero-order valence-corrected chi connectivity index (χ0v) is 16.3. The molecule has 4 N–H and O–H groups in total. The predicted octanol–water partition coefficient (Wildman–Crippen LogP) is 4.21. The average Bonchev–Trinajstić information content (AvgIpc) is 3.22. The summed E-state index contributed by atoms with van der Waals surface area (Å²) in [6.45, 7) is 0. The molecule has 0 aliphatic carbocycles. The summed E-state index contributed by atoms with van der Waals surface area (Å²) >= 11 is 1.59. The highest BCUT2D eigenvalue weighted by molar-refractivity contribution is 7.32. The van der Waals surface area contributed by atoms with Gasteiger partial charge in [0.2, 0.25) is 0 Å². The van der Waals surface area contributed by atoms with Crippen LogP contribution in [0.2, 0.25) is 0 Å². The molecule has 1 aromatic heterocycles. The molecule has 0 fully saturated rings. The smallest absolute Gasteiger partial charge is 0.318 e. The molecule has 7 nitrogen and oxygen atoms in total. The number of thiophene rings is 1. The largest absolute Gasteiger partial charge is 0.397 e. The quantitative estimate of drug-likeness (QED) is 0.410. The van der Waals surface area contributed by atoms with Gasteiger partial charge in [-0.1, -0.05) is 24.3 Å². The Labute approximate surface area is 166 Å². The van der Waals surface area contributed by atoms with Crippen LogP contribution in [0.4, 0.5) is 11.4 Å². The fourth-order valence-corrected chi connectivity index (χ4v) is 3.65. The molecule has 2 aromatic carbocycles. The first-order valence-electron chi connectivity index (χ1n) is 8.12. The maximum Gasteiger partial charge on any atom is 0.318 e. The number of hydrogen-bond acceptors (Lipinski definition) is 6. The van der Waals surface area contributed by atoms with Crippen molar-refractivity contribution in [3.05, 3.63) is 71.1 Å². The first kappa shape index (κ1) is 19.8. The van der Waals surface area contributed by atoms with Crippen LogP contribution in [-0.2, 0) is 9.09 Å². The Hall–Kier alpha value is -2.95. The van der Waals surface area contributed by atoms with Gasteiger partial charge in [-0.2, -0.15) is 5.26 Å². The third-order valence-corrected chi connectivity index (χ3v) is 5.28. The number of carbonyl (C=O) groups excluding carboxylic acids is 1.